The summed E-state index contributed by atoms with van der Waals surface area (Å²) in [7, 11) is 0. The summed E-state index contributed by atoms with van der Waals surface area (Å²) in [6.07, 6.45) is 0.679. The Morgan fingerprint density at radius 2 is 2.16 bits per heavy atom. The Morgan fingerprint density at radius 3 is 2.76 bits per heavy atom. The van der Waals surface area contributed by atoms with E-state index in [1.165, 1.54) is 4.90 Å². The van der Waals surface area contributed by atoms with Gasteiger partial charge in [-0.3, -0.25) is 9.59 Å². The van der Waals surface area contributed by atoms with Crippen LogP contribution in [0.4, 0.5) is 0 Å². The van der Waals surface area contributed by atoms with Crippen LogP contribution in [-0.2, 0) is 11.4 Å². The predicted molar refractivity (Wildman–Crippen MR) is 96.1 cm³/mol. The van der Waals surface area contributed by atoms with E-state index in [2.05, 4.69) is 4.98 Å². The van der Waals surface area contributed by atoms with Gasteiger partial charge < -0.3 is 14.7 Å². The summed E-state index contributed by atoms with van der Waals surface area (Å²) in [4.78, 5) is 29.5. The quantitative estimate of drug-likeness (QED) is 0.779. The summed E-state index contributed by atoms with van der Waals surface area (Å²) in [5, 5.41) is 12.0. The van der Waals surface area contributed by atoms with Crippen molar-refractivity contribution in [1.29, 1.82) is 0 Å². The van der Waals surface area contributed by atoms with E-state index >= 15 is 0 Å². The molecule has 1 unspecified atom stereocenters. The number of aromatic nitrogens is 1. The molecule has 0 bridgehead atoms. The van der Waals surface area contributed by atoms with Gasteiger partial charge in [0.05, 0.1) is 10.7 Å². The molecule has 0 saturated heterocycles. The standard InChI is InChI=1S/C18H22N2O4S/c1-4-12(2)20(9-17(21)22)18(23)14-6-5-7-16(8-14)24-10-15-11-25-13(3)19-15/h5-8,11-12H,4,9-10H2,1-3H3,(H,21,22). The molecule has 1 aromatic carbocycles. The molecule has 0 fully saturated rings. The second kappa shape index (κ2) is 8.62. The van der Waals surface area contributed by atoms with Crippen LogP contribution in [0.2, 0.25) is 0 Å². The van der Waals surface area contributed by atoms with Gasteiger partial charge in [-0.15, -0.1) is 11.3 Å². The van der Waals surface area contributed by atoms with E-state index < -0.39 is 5.97 Å². The Hall–Kier alpha value is -2.41. The molecule has 0 aliphatic carbocycles. The van der Waals surface area contributed by atoms with Crippen molar-refractivity contribution in [3.63, 3.8) is 0 Å². The number of aryl methyl sites for hydroxylation is 1. The van der Waals surface area contributed by atoms with Gasteiger partial charge >= 0.3 is 5.97 Å². The normalized spacial score (nSPS) is 11.8. The van der Waals surface area contributed by atoms with Crippen LogP contribution in [0.15, 0.2) is 29.6 Å². The minimum Gasteiger partial charge on any atom is -0.487 e. The molecule has 1 N–H and O–H groups in total. The fourth-order valence-corrected chi connectivity index (χ4v) is 2.91. The number of nitrogens with zero attached hydrogens (tertiary/aromatic N) is 2. The number of ether oxygens (including phenoxy) is 1. The molecule has 0 saturated carbocycles. The molecule has 0 aliphatic heterocycles. The smallest absolute Gasteiger partial charge is 0.323 e. The molecule has 6 nitrogen and oxygen atoms in total. The average molecular weight is 362 g/mol. The third kappa shape index (κ3) is 5.29. The van der Waals surface area contributed by atoms with Crippen molar-refractivity contribution in [2.24, 2.45) is 0 Å². The van der Waals surface area contributed by atoms with E-state index in [0.717, 1.165) is 10.7 Å². The molecule has 134 valence electrons. The Labute approximate surface area is 151 Å². The Morgan fingerprint density at radius 1 is 1.40 bits per heavy atom. The summed E-state index contributed by atoms with van der Waals surface area (Å²) in [6, 6.07) is 6.63. The molecule has 2 aromatic rings. The second-order valence-electron chi connectivity index (χ2n) is 5.76. The number of aliphatic carboxylic acids is 1. The summed E-state index contributed by atoms with van der Waals surface area (Å²) >= 11 is 1.56. The zero-order chi connectivity index (χ0) is 18.4. The lowest BCUT2D eigenvalue weighted by molar-refractivity contribution is -0.138. The molecule has 0 radical (unpaired) electrons. The highest BCUT2D eigenvalue weighted by molar-refractivity contribution is 7.09. The summed E-state index contributed by atoms with van der Waals surface area (Å²) in [6.45, 7) is 5.69. The van der Waals surface area contributed by atoms with Crippen molar-refractivity contribution in [2.75, 3.05) is 6.54 Å². The number of carboxylic acids is 1. The summed E-state index contributed by atoms with van der Waals surface area (Å²) in [5.74, 6) is -0.789. The van der Waals surface area contributed by atoms with Crippen molar-refractivity contribution in [2.45, 2.75) is 39.8 Å². The molecule has 1 aromatic heterocycles. The zero-order valence-electron chi connectivity index (χ0n) is 14.6. The molecule has 7 heteroatoms. The maximum atomic E-state index is 12.7. The third-order valence-electron chi connectivity index (χ3n) is 3.82. The van der Waals surface area contributed by atoms with Gasteiger partial charge in [-0.05, 0) is 38.5 Å². The van der Waals surface area contributed by atoms with E-state index in [9.17, 15) is 9.59 Å². The number of hydrogen-bond acceptors (Lipinski definition) is 5. The van der Waals surface area contributed by atoms with E-state index in [1.54, 1.807) is 35.6 Å². The Balaban J connectivity index is 2.12. The first-order valence-corrected chi connectivity index (χ1v) is 8.95. The van der Waals surface area contributed by atoms with Gasteiger partial charge in [-0.1, -0.05) is 13.0 Å². The molecular weight excluding hydrogens is 340 g/mol. The highest BCUT2D eigenvalue weighted by atomic mass is 32.1. The van der Waals surface area contributed by atoms with Gasteiger partial charge in [0.2, 0.25) is 0 Å². The highest BCUT2D eigenvalue weighted by Gasteiger charge is 2.23. The first-order valence-electron chi connectivity index (χ1n) is 8.07. The second-order valence-corrected chi connectivity index (χ2v) is 6.82. The van der Waals surface area contributed by atoms with Crippen molar-refractivity contribution in [3.05, 3.63) is 45.9 Å². The number of amides is 1. The lowest BCUT2D eigenvalue weighted by atomic mass is 10.1. The fraction of sp³-hybridized carbons (Fsp3) is 0.389. The fourth-order valence-electron chi connectivity index (χ4n) is 2.31. The Bertz CT molecular complexity index is 744. The molecular formula is C18H22N2O4S. The molecule has 0 spiro atoms. The number of hydrogen-bond donors (Lipinski definition) is 1. The predicted octanol–water partition coefficient (Wildman–Crippen LogP) is 3.36. The number of carbonyl (C=O) groups excluding carboxylic acids is 1. The van der Waals surface area contributed by atoms with E-state index in [-0.39, 0.29) is 18.5 Å². The van der Waals surface area contributed by atoms with Crippen LogP contribution in [0.3, 0.4) is 0 Å². The van der Waals surface area contributed by atoms with Gasteiger partial charge in [0, 0.05) is 17.0 Å². The maximum Gasteiger partial charge on any atom is 0.323 e. The first kappa shape index (κ1) is 18.9. The molecule has 25 heavy (non-hydrogen) atoms. The molecule has 0 aliphatic rings. The number of thiazole rings is 1. The van der Waals surface area contributed by atoms with Crippen molar-refractivity contribution < 1.29 is 19.4 Å². The van der Waals surface area contributed by atoms with Crippen LogP contribution < -0.4 is 4.74 Å². The SMILES string of the molecule is CCC(C)N(CC(=O)O)C(=O)c1cccc(OCc2csc(C)n2)c1. The van der Waals surface area contributed by atoms with Gasteiger partial charge in [0.15, 0.2) is 0 Å². The molecule has 1 heterocycles. The van der Waals surface area contributed by atoms with Gasteiger partial charge in [0.1, 0.15) is 18.9 Å². The summed E-state index contributed by atoms with van der Waals surface area (Å²) < 4.78 is 5.70. The lowest BCUT2D eigenvalue weighted by Gasteiger charge is -2.27. The first-order chi connectivity index (χ1) is 11.9. The molecule has 1 atom stereocenters. The van der Waals surface area contributed by atoms with Gasteiger partial charge in [-0.25, -0.2) is 4.98 Å². The van der Waals surface area contributed by atoms with Crippen LogP contribution in [0.5, 0.6) is 5.75 Å². The van der Waals surface area contributed by atoms with Gasteiger partial charge in [0.25, 0.3) is 5.91 Å². The molecule has 2 rings (SSSR count). The molecule has 1 amide bonds. The van der Waals surface area contributed by atoms with Crippen LogP contribution in [0.25, 0.3) is 0 Å². The zero-order valence-corrected chi connectivity index (χ0v) is 15.4. The average Bonchev–Trinajstić information content (AvgIpc) is 3.02. The Kier molecular flexibility index (Phi) is 6.52. The van der Waals surface area contributed by atoms with Crippen molar-refractivity contribution in [3.8, 4) is 5.75 Å². The minimum atomic E-state index is -1.03. The number of benzene rings is 1. The van der Waals surface area contributed by atoms with E-state index in [4.69, 9.17) is 9.84 Å². The van der Waals surface area contributed by atoms with E-state index in [0.29, 0.717) is 24.3 Å². The number of carbonyl (C=O) groups is 2. The van der Waals surface area contributed by atoms with Crippen molar-refractivity contribution in [1.82, 2.24) is 9.88 Å². The van der Waals surface area contributed by atoms with Gasteiger partial charge in [-0.2, -0.15) is 0 Å². The summed E-state index contributed by atoms with van der Waals surface area (Å²) in [5.41, 5.74) is 1.25. The number of carboxylic acid groups (broad SMARTS) is 1. The van der Waals surface area contributed by atoms with Crippen molar-refractivity contribution >= 4 is 23.2 Å². The third-order valence-corrected chi connectivity index (χ3v) is 4.65. The highest BCUT2D eigenvalue weighted by Crippen LogP contribution is 2.19. The number of rotatable bonds is 8. The largest absolute Gasteiger partial charge is 0.487 e. The minimum absolute atomic E-state index is 0.161. The monoisotopic (exact) mass is 362 g/mol. The van der Waals surface area contributed by atoms with Crippen LogP contribution in [-0.4, -0.2) is 39.5 Å². The lowest BCUT2D eigenvalue weighted by Crippen LogP contribution is -2.41. The van der Waals surface area contributed by atoms with E-state index in [1.807, 2.05) is 26.2 Å². The topological polar surface area (TPSA) is 79.7 Å². The van der Waals surface area contributed by atoms with Crippen LogP contribution in [0.1, 0.15) is 41.3 Å². The van der Waals surface area contributed by atoms with Crippen LogP contribution >= 0.6 is 11.3 Å². The van der Waals surface area contributed by atoms with Crippen LogP contribution in [0, 0.1) is 6.92 Å². The maximum absolute atomic E-state index is 12.7.